The molecule has 3 nitrogen and oxygen atoms in total. The molecule has 96 valence electrons. The lowest BCUT2D eigenvalue weighted by Gasteiger charge is -2.10. The minimum Gasteiger partial charge on any atom is -0.233 e. The second-order valence-corrected chi connectivity index (χ2v) is 5.31. The molecule has 0 fully saturated rings. The van der Waals surface area contributed by atoms with Crippen molar-refractivity contribution in [1.82, 2.24) is 4.98 Å². The Balaban J connectivity index is 3.55. The van der Waals surface area contributed by atoms with Crippen LogP contribution in [-0.4, -0.2) is 13.4 Å². The summed E-state index contributed by atoms with van der Waals surface area (Å²) < 4.78 is 83.1. The Kier molecular flexibility index (Phi) is 3.63. The van der Waals surface area contributed by atoms with E-state index in [2.05, 4.69) is 4.98 Å². The second kappa shape index (κ2) is 4.37. The molecule has 0 bridgehead atoms. The Labute approximate surface area is 96.6 Å². The average Bonchev–Trinajstić information content (AvgIpc) is 2.14. The largest absolute Gasteiger partial charge is 0.419 e. The molecule has 0 radical (unpaired) electrons. The summed E-state index contributed by atoms with van der Waals surface area (Å²) in [5, 5.41) is -1.62. The van der Waals surface area contributed by atoms with E-state index >= 15 is 0 Å². The van der Waals surface area contributed by atoms with Crippen LogP contribution in [0.1, 0.15) is 17.7 Å². The maximum Gasteiger partial charge on any atom is 0.419 e. The molecule has 10 heteroatoms. The van der Waals surface area contributed by atoms with Gasteiger partial charge < -0.3 is 0 Å². The number of pyridine rings is 1. The van der Waals surface area contributed by atoms with Crippen LogP contribution in [0.4, 0.5) is 22.0 Å². The van der Waals surface area contributed by atoms with E-state index in [0.717, 1.165) is 0 Å². The summed E-state index contributed by atoms with van der Waals surface area (Å²) in [7, 11) is -0.154. The van der Waals surface area contributed by atoms with Crippen molar-refractivity contribution in [1.29, 1.82) is 0 Å². The van der Waals surface area contributed by atoms with Gasteiger partial charge in [0.15, 0.2) is 5.03 Å². The Hall–Kier alpha value is -0.960. The predicted molar refractivity (Wildman–Crippen MR) is 47.2 cm³/mol. The third kappa shape index (κ3) is 3.25. The fourth-order valence-electron chi connectivity index (χ4n) is 0.978. The fraction of sp³-hybridized carbons (Fsp3) is 0.286. The Morgan fingerprint density at radius 3 is 2.12 bits per heavy atom. The SMILES string of the molecule is O=S(=O)(Cl)c1nc(C(F)F)ccc1C(F)(F)F. The van der Waals surface area contributed by atoms with E-state index < -0.39 is 37.9 Å². The highest BCUT2D eigenvalue weighted by Gasteiger charge is 2.38. The first kappa shape index (κ1) is 14.1. The number of nitrogens with zero attached hydrogens (tertiary/aromatic N) is 1. The van der Waals surface area contributed by atoms with Crippen molar-refractivity contribution in [3.8, 4) is 0 Å². The van der Waals surface area contributed by atoms with Crippen molar-refractivity contribution in [2.75, 3.05) is 0 Å². The summed E-state index contributed by atoms with van der Waals surface area (Å²) in [5.74, 6) is 0. The van der Waals surface area contributed by atoms with Crippen molar-refractivity contribution >= 4 is 19.7 Å². The molecule has 17 heavy (non-hydrogen) atoms. The van der Waals surface area contributed by atoms with Crippen LogP contribution in [0, 0.1) is 0 Å². The molecule has 1 rings (SSSR count). The molecule has 0 atom stereocenters. The maximum atomic E-state index is 12.4. The number of hydrogen-bond acceptors (Lipinski definition) is 3. The zero-order valence-electron chi connectivity index (χ0n) is 7.67. The van der Waals surface area contributed by atoms with Gasteiger partial charge >= 0.3 is 6.18 Å². The molecule has 1 aromatic rings. The first-order valence-corrected chi connectivity index (χ1v) is 6.15. The molecule has 0 aliphatic carbocycles. The Morgan fingerprint density at radius 1 is 1.24 bits per heavy atom. The molecule has 0 aliphatic heterocycles. The third-order valence-corrected chi connectivity index (χ3v) is 2.85. The molecule has 0 saturated heterocycles. The van der Waals surface area contributed by atoms with E-state index in [1.807, 2.05) is 0 Å². The van der Waals surface area contributed by atoms with Crippen molar-refractivity contribution in [2.45, 2.75) is 17.6 Å². The van der Waals surface area contributed by atoms with Crippen LogP contribution in [-0.2, 0) is 15.2 Å². The topological polar surface area (TPSA) is 47.0 Å². The van der Waals surface area contributed by atoms with Gasteiger partial charge in [0.1, 0.15) is 5.69 Å². The number of aromatic nitrogens is 1. The summed E-state index contributed by atoms with van der Waals surface area (Å²) >= 11 is 0. The fourth-order valence-corrected chi connectivity index (χ4v) is 1.99. The van der Waals surface area contributed by atoms with Gasteiger partial charge in [-0.3, -0.25) is 0 Å². The van der Waals surface area contributed by atoms with E-state index in [1.54, 1.807) is 0 Å². The normalized spacial score (nSPS) is 13.1. The van der Waals surface area contributed by atoms with E-state index in [9.17, 15) is 30.4 Å². The van der Waals surface area contributed by atoms with Gasteiger partial charge in [0.05, 0.1) is 5.56 Å². The van der Waals surface area contributed by atoms with Gasteiger partial charge in [-0.05, 0) is 12.1 Å². The summed E-state index contributed by atoms with van der Waals surface area (Å²) in [4.78, 5) is 2.72. The highest BCUT2D eigenvalue weighted by molar-refractivity contribution is 8.13. The molecule has 0 saturated carbocycles. The Morgan fingerprint density at radius 2 is 1.76 bits per heavy atom. The minimum absolute atomic E-state index is 0.198. The van der Waals surface area contributed by atoms with E-state index in [-0.39, 0.29) is 6.07 Å². The molecule has 0 spiro atoms. The number of hydrogen-bond donors (Lipinski definition) is 0. The van der Waals surface area contributed by atoms with E-state index in [0.29, 0.717) is 6.07 Å². The first-order chi connectivity index (χ1) is 7.53. The van der Waals surface area contributed by atoms with Gasteiger partial charge in [0.25, 0.3) is 15.5 Å². The molecule has 0 aromatic carbocycles. The predicted octanol–water partition coefficient (Wildman–Crippen LogP) is 2.97. The van der Waals surface area contributed by atoms with Gasteiger partial charge in [0, 0.05) is 10.7 Å². The summed E-state index contributed by atoms with van der Waals surface area (Å²) in [5.41, 5.74) is -2.78. The highest BCUT2D eigenvalue weighted by Crippen LogP contribution is 2.35. The smallest absolute Gasteiger partial charge is 0.233 e. The molecule has 0 N–H and O–H groups in total. The lowest BCUT2D eigenvalue weighted by molar-refractivity contribution is -0.140. The van der Waals surface area contributed by atoms with Crippen LogP contribution in [0.25, 0.3) is 0 Å². The Bertz CT molecular complexity index is 528. The minimum atomic E-state index is -5.05. The van der Waals surface area contributed by atoms with Crippen LogP contribution in [0.2, 0.25) is 0 Å². The third-order valence-electron chi connectivity index (χ3n) is 1.64. The van der Waals surface area contributed by atoms with Crippen LogP contribution >= 0.6 is 10.7 Å². The van der Waals surface area contributed by atoms with Crippen molar-refractivity contribution in [3.63, 3.8) is 0 Å². The van der Waals surface area contributed by atoms with Crippen molar-refractivity contribution < 1.29 is 30.4 Å². The van der Waals surface area contributed by atoms with Gasteiger partial charge in [-0.2, -0.15) is 13.2 Å². The van der Waals surface area contributed by atoms with E-state index in [1.165, 1.54) is 0 Å². The molecule has 0 amide bonds. The quantitative estimate of drug-likeness (QED) is 0.622. The van der Waals surface area contributed by atoms with Crippen LogP contribution in [0.15, 0.2) is 17.2 Å². The molecular formula is C7H3ClF5NO2S. The zero-order chi connectivity index (χ0) is 13.4. The number of alkyl halides is 5. The second-order valence-electron chi connectivity index (χ2n) is 2.83. The van der Waals surface area contributed by atoms with Crippen molar-refractivity contribution in [3.05, 3.63) is 23.4 Å². The number of halogens is 6. The van der Waals surface area contributed by atoms with Crippen LogP contribution in [0.3, 0.4) is 0 Å². The lowest BCUT2D eigenvalue weighted by atomic mass is 10.2. The average molecular weight is 296 g/mol. The number of rotatable bonds is 2. The van der Waals surface area contributed by atoms with Crippen molar-refractivity contribution in [2.24, 2.45) is 0 Å². The molecule has 1 aromatic heterocycles. The van der Waals surface area contributed by atoms with Crippen LogP contribution < -0.4 is 0 Å². The zero-order valence-corrected chi connectivity index (χ0v) is 9.24. The first-order valence-electron chi connectivity index (χ1n) is 3.84. The summed E-state index contributed by atoms with van der Waals surface area (Å²) in [6, 6.07) is 0.586. The monoisotopic (exact) mass is 295 g/mol. The highest BCUT2D eigenvalue weighted by atomic mass is 35.7. The maximum absolute atomic E-state index is 12.4. The van der Waals surface area contributed by atoms with E-state index in [4.69, 9.17) is 10.7 Å². The summed E-state index contributed by atoms with van der Waals surface area (Å²) in [6.07, 6.45) is -8.25. The van der Waals surface area contributed by atoms with Gasteiger partial charge in [-0.15, -0.1) is 0 Å². The summed E-state index contributed by atoms with van der Waals surface area (Å²) in [6.45, 7) is 0. The molecule has 0 aliphatic rings. The van der Waals surface area contributed by atoms with Gasteiger partial charge in [-0.1, -0.05) is 0 Å². The lowest BCUT2D eigenvalue weighted by Crippen LogP contribution is -2.13. The molecule has 1 heterocycles. The molecular weight excluding hydrogens is 293 g/mol. The molecule has 0 unspecified atom stereocenters. The van der Waals surface area contributed by atoms with Crippen LogP contribution in [0.5, 0.6) is 0 Å². The van der Waals surface area contributed by atoms with Gasteiger partial charge in [-0.25, -0.2) is 22.2 Å². The standard InChI is InChI=1S/C7H3ClF5NO2S/c8-17(15,16)6-3(7(11,12)13)1-2-4(14-6)5(9)10/h1-2,5H. The van der Waals surface area contributed by atoms with Gasteiger partial charge in [0.2, 0.25) is 0 Å².